The maximum absolute atomic E-state index is 13.3. The van der Waals surface area contributed by atoms with Crippen LogP contribution in [0.5, 0.6) is 0 Å². The van der Waals surface area contributed by atoms with Crippen LogP contribution in [0.1, 0.15) is 0 Å². The Bertz CT molecular complexity index is 866. The number of nitrogens with zero attached hydrogens (tertiary/aromatic N) is 1. The fourth-order valence-electron chi connectivity index (χ4n) is 2.67. The molecule has 5 nitrogen and oxygen atoms in total. The molecule has 2 aromatic carbocycles. The first-order valence-corrected chi connectivity index (χ1v) is 8.93. The largest absolute Gasteiger partial charge is 0.398 e. The molecular formula is C16H17F2N3O2S. The van der Waals surface area contributed by atoms with Crippen molar-refractivity contribution in [3.05, 3.63) is 48.0 Å². The van der Waals surface area contributed by atoms with E-state index < -0.39 is 21.5 Å². The summed E-state index contributed by atoms with van der Waals surface area (Å²) >= 11 is 0. The number of nitrogens with one attached hydrogen (secondary N) is 1. The van der Waals surface area contributed by atoms with E-state index in [9.17, 15) is 17.2 Å². The van der Waals surface area contributed by atoms with Crippen molar-refractivity contribution in [3.8, 4) is 0 Å². The minimum absolute atomic E-state index is 0.0794. The van der Waals surface area contributed by atoms with Gasteiger partial charge in [0, 0.05) is 31.9 Å². The average molecular weight is 353 g/mol. The Hall–Kier alpha value is -2.19. The molecule has 0 atom stereocenters. The number of piperazine rings is 1. The summed E-state index contributed by atoms with van der Waals surface area (Å²) in [7, 11) is -4.02. The monoisotopic (exact) mass is 353 g/mol. The highest BCUT2D eigenvalue weighted by Crippen LogP contribution is 2.30. The topological polar surface area (TPSA) is 75.4 Å². The van der Waals surface area contributed by atoms with Crippen LogP contribution in [-0.4, -0.2) is 34.6 Å². The molecule has 1 aliphatic rings. The van der Waals surface area contributed by atoms with Gasteiger partial charge in [0.15, 0.2) is 11.6 Å². The van der Waals surface area contributed by atoms with Crippen LogP contribution in [0.15, 0.2) is 46.2 Å². The summed E-state index contributed by atoms with van der Waals surface area (Å²) in [5.74, 6) is -2.32. The molecule has 0 aromatic heterocycles. The van der Waals surface area contributed by atoms with Gasteiger partial charge in [-0.2, -0.15) is 0 Å². The zero-order chi connectivity index (χ0) is 17.3. The van der Waals surface area contributed by atoms with Crippen molar-refractivity contribution in [2.75, 3.05) is 36.8 Å². The minimum Gasteiger partial charge on any atom is -0.398 e. The van der Waals surface area contributed by atoms with Gasteiger partial charge in [0.25, 0.3) is 0 Å². The van der Waals surface area contributed by atoms with E-state index in [4.69, 9.17) is 5.73 Å². The number of nitrogens with two attached hydrogens (primary N) is 1. The zero-order valence-electron chi connectivity index (χ0n) is 12.8. The summed E-state index contributed by atoms with van der Waals surface area (Å²) in [6.07, 6.45) is 0. The van der Waals surface area contributed by atoms with Crippen molar-refractivity contribution in [1.29, 1.82) is 0 Å². The maximum Gasteiger partial charge on any atom is 0.208 e. The molecule has 1 aliphatic heterocycles. The third kappa shape index (κ3) is 3.07. The van der Waals surface area contributed by atoms with Gasteiger partial charge in [-0.25, -0.2) is 17.2 Å². The van der Waals surface area contributed by atoms with Gasteiger partial charge in [0.1, 0.15) is 0 Å². The van der Waals surface area contributed by atoms with Gasteiger partial charge in [-0.05, 0) is 36.4 Å². The average Bonchev–Trinajstić information content (AvgIpc) is 2.57. The number of benzene rings is 2. The summed E-state index contributed by atoms with van der Waals surface area (Å²) in [4.78, 5) is 1.65. The molecule has 24 heavy (non-hydrogen) atoms. The summed E-state index contributed by atoms with van der Waals surface area (Å²) in [6, 6.07) is 7.15. The van der Waals surface area contributed by atoms with Crippen LogP contribution >= 0.6 is 0 Å². The molecule has 1 fully saturated rings. The lowest BCUT2D eigenvalue weighted by Gasteiger charge is -2.29. The van der Waals surface area contributed by atoms with Crippen LogP contribution in [-0.2, 0) is 9.84 Å². The van der Waals surface area contributed by atoms with Gasteiger partial charge in [-0.3, -0.25) is 0 Å². The van der Waals surface area contributed by atoms with Crippen molar-refractivity contribution in [2.45, 2.75) is 9.79 Å². The lowest BCUT2D eigenvalue weighted by Crippen LogP contribution is -2.43. The first-order valence-electron chi connectivity index (χ1n) is 7.45. The SMILES string of the molecule is Nc1cc(N2CCNCC2)ccc1S(=O)(=O)c1ccc(F)c(F)c1. The van der Waals surface area contributed by atoms with Crippen LogP contribution in [0.25, 0.3) is 0 Å². The molecule has 3 rings (SSSR count). The number of hydrogen-bond acceptors (Lipinski definition) is 5. The summed E-state index contributed by atoms with van der Waals surface area (Å²) in [5.41, 5.74) is 6.84. The number of hydrogen-bond donors (Lipinski definition) is 2. The highest BCUT2D eigenvalue weighted by molar-refractivity contribution is 7.91. The molecule has 2 aromatic rings. The fourth-order valence-corrected chi connectivity index (χ4v) is 4.05. The minimum atomic E-state index is -4.02. The number of nitrogen functional groups attached to an aromatic ring is 1. The second kappa shape index (κ2) is 6.37. The van der Waals surface area contributed by atoms with Gasteiger partial charge >= 0.3 is 0 Å². The summed E-state index contributed by atoms with van der Waals surface area (Å²) < 4.78 is 51.6. The Morgan fingerprint density at radius 1 is 1.00 bits per heavy atom. The Kier molecular flexibility index (Phi) is 4.42. The standard InChI is InChI=1S/C16H17F2N3O2S/c17-13-3-2-12(10-14(13)18)24(22,23)16-4-1-11(9-15(16)19)21-7-5-20-6-8-21/h1-4,9-10,20H,5-8,19H2. The van der Waals surface area contributed by atoms with Crippen molar-refractivity contribution < 1.29 is 17.2 Å². The van der Waals surface area contributed by atoms with E-state index in [0.717, 1.165) is 44.0 Å². The van der Waals surface area contributed by atoms with Crippen molar-refractivity contribution in [1.82, 2.24) is 5.32 Å². The maximum atomic E-state index is 13.3. The summed E-state index contributed by atoms with van der Waals surface area (Å²) in [6.45, 7) is 3.28. The third-order valence-corrected chi connectivity index (χ3v) is 5.79. The van der Waals surface area contributed by atoms with Gasteiger partial charge in [0.05, 0.1) is 15.5 Å². The van der Waals surface area contributed by atoms with Crippen LogP contribution in [0.4, 0.5) is 20.2 Å². The van der Waals surface area contributed by atoms with Gasteiger partial charge in [-0.1, -0.05) is 0 Å². The molecule has 0 aliphatic carbocycles. The predicted molar refractivity (Wildman–Crippen MR) is 87.7 cm³/mol. The molecule has 128 valence electrons. The third-order valence-electron chi connectivity index (χ3n) is 3.97. The Labute approximate surface area is 139 Å². The van der Waals surface area contributed by atoms with E-state index in [-0.39, 0.29) is 15.5 Å². The van der Waals surface area contributed by atoms with Crippen LogP contribution in [0.2, 0.25) is 0 Å². The lowest BCUT2D eigenvalue weighted by molar-refractivity contribution is 0.504. The van der Waals surface area contributed by atoms with Crippen molar-refractivity contribution in [2.24, 2.45) is 0 Å². The van der Waals surface area contributed by atoms with Crippen LogP contribution in [0, 0.1) is 11.6 Å². The Balaban J connectivity index is 1.97. The van der Waals surface area contributed by atoms with Crippen molar-refractivity contribution >= 4 is 21.2 Å². The van der Waals surface area contributed by atoms with E-state index in [0.29, 0.717) is 6.07 Å². The first-order chi connectivity index (χ1) is 11.4. The molecule has 0 spiro atoms. The number of anilines is 2. The quantitative estimate of drug-likeness (QED) is 0.650. The van der Waals surface area contributed by atoms with E-state index >= 15 is 0 Å². The first kappa shape index (κ1) is 16.7. The second-order valence-corrected chi connectivity index (χ2v) is 7.46. The molecule has 0 unspecified atom stereocenters. The van der Waals surface area contributed by atoms with E-state index in [1.54, 1.807) is 12.1 Å². The van der Waals surface area contributed by atoms with E-state index in [1.165, 1.54) is 6.07 Å². The molecule has 0 bridgehead atoms. The van der Waals surface area contributed by atoms with Crippen LogP contribution < -0.4 is 16.0 Å². The molecule has 0 amide bonds. The van der Waals surface area contributed by atoms with Crippen molar-refractivity contribution in [3.63, 3.8) is 0 Å². The zero-order valence-corrected chi connectivity index (χ0v) is 13.6. The summed E-state index contributed by atoms with van der Waals surface area (Å²) in [5, 5.41) is 3.23. The molecule has 1 saturated heterocycles. The molecule has 0 saturated carbocycles. The molecule has 8 heteroatoms. The highest BCUT2D eigenvalue weighted by Gasteiger charge is 2.23. The molecule has 1 heterocycles. The lowest BCUT2D eigenvalue weighted by atomic mass is 10.2. The van der Waals surface area contributed by atoms with Gasteiger partial charge in [-0.15, -0.1) is 0 Å². The highest BCUT2D eigenvalue weighted by atomic mass is 32.2. The normalized spacial score (nSPS) is 15.5. The van der Waals surface area contributed by atoms with E-state index in [2.05, 4.69) is 10.2 Å². The predicted octanol–water partition coefficient (Wildman–Crippen LogP) is 1.79. The smallest absolute Gasteiger partial charge is 0.208 e. The fraction of sp³-hybridized carbons (Fsp3) is 0.250. The molecule has 3 N–H and O–H groups in total. The number of sulfone groups is 1. The Morgan fingerprint density at radius 3 is 2.33 bits per heavy atom. The number of rotatable bonds is 3. The van der Waals surface area contributed by atoms with Gasteiger partial charge in [0.2, 0.25) is 9.84 Å². The van der Waals surface area contributed by atoms with Gasteiger partial charge < -0.3 is 16.0 Å². The van der Waals surface area contributed by atoms with Crippen LogP contribution in [0.3, 0.4) is 0 Å². The Morgan fingerprint density at radius 2 is 1.71 bits per heavy atom. The van der Waals surface area contributed by atoms with E-state index in [1.807, 2.05) is 0 Å². The number of halogens is 2. The second-order valence-electron chi connectivity index (χ2n) is 5.54. The molecule has 0 radical (unpaired) electrons. The molecular weight excluding hydrogens is 336 g/mol.